The number of aromatic nitrogens is 3. The van der Waals surface area contributed by atoms with Crippen molar-refractivity contribution < 1.29 is 0 Å². The molecule has 1 aromatic carbocycles. The molecule has 1 atom stereocenters. The van der Waals surface area contributed by atoms with Crippen LogP contribution in [0.25, 0.3) is 10.9 Å². The van der Waals surface area contributed by atoms with E-state index in [1.807, 2.05) is 30.3 Å². The highest BCUT2D eigenvalue weighted by atomic mass is 14.9. The van der Waals surface area contributed by atoms with Gasteiger partial charge in [-0.2, -0.15) is 0 Å². The quantitative estimate of drug-likeness (QED) is 0.739. The number of para-hydroxylation sites is 1. The van der Waals surface area contributed by atoms with E-state index >= 15 is 0 Å². The van der Waals surface area contributed by atoms with E-state index in [4.69, 9.17) is 5.73 Å². The summed E-state index contributed by atoms with van der Waals surface area (Å²) in [4.78, 5) is 12.7. The highest BCUT2D eigenvalue weighted by Crippen LogP contribution is 2.19. The highest BCUT2D eigenvalue weighted by Gasteiger charge is 2.12. The van der Waals surface area contributed by atoms with E-state index in [2.05, 4.69) is 15.0 Å². The van der Waals surface area contributed by atoms with E-state index in [9.17, 15) is 0 Å². The lowest BCUT2D eigenvalue weighted by atomic mass is 10.1. The number of rotatable bonds is 2. The van der Waals surface area contributed by atoms with Gasteiger partial charge in [0, 0.05) is 24.0 Å². The van der Waals surface area contributed by atoms with Crippen molar-refractivity contribution in [2.75, 3.05) is 0 Å². The first-order chi connectivity index (χ1) is 8.84. The Kier molecular flexibility index (Phi) is 2.70. The molecule has 0 aliphatic rings. The zero-order chi connectivity index (χ0) is 12.4. The normalized spacial score (nSPS) is 12.5. The van der Waals surface area contributed by atoms with Crippen LogP contribution in [0.15, 0.2) is 55.0 Å². The fourth-order valence-electron chi connectivity index (χ4n) is 1.88. The number of benzene rings is 1. The van der Waals surface area contributed by atoms with Crippen LogP contribution in [0.1, 0.15) is 17.4 Å². The topological polar surface area (TPSA) is 64.7 Å². The molecule has 0 saturated heterocycles. The second kappa shape index (κ2) is 4.50. The van der Waals surface area contributed by atoms with Crippen LogP contribution in [0.4, 0.5) is 0 Å². The second-order valence-electron chi connectivity index (χ2n) is 4.05. The van der Waals surface area contributed by atoms with E-state index in [1.165, 1.54) is 0 Å². The van der Waals surface area contributed by atoms with Crippen LogP contribution in [-0.2, 0) is 0 Å². The first-order valence-electron chi connectivity index (χ1n) is 5.72. The standard InChI is InChI=1S/C14H12N4/c15-13(14-16-6-3-7-17-14)11-8-10-4-1-2-5-12(10)18-9-11/h1-9,13H,15H2. The zero-order valence-corrected chi connectivity index (χ0v) is 9.69. The predicted molar refractivity (Wildman–Crippen MR) is 69.8 cm³/mol. The van der Waals surface area contributed by atoms with Crippen LogP contribution in [0.2, 0.25) is 0 Å². The summed E-state index contributed by atoms with van der Waals surface area (Å²) in [5.74, 6) is 0.606. The van der Waals surface area contributed by atoms with Gasteiger partial charge in [0.1, 0.15) is 5.82 Å². The average molecular weight is 236 g/mol. The molecule has 2 heterocycles. The molecule has 0 spiro atoms. The Morgan fingerprint density at radius 1 is 0.944 bits per heavy atom. The molecular weight excluding hydrogens is 224 g/mol. The van der Waals surface area contributed by atoms with Crippen molar-refractivity contribution in [2.24, 2.45) is 5.73 Å². The molecule has 2 aromatic heterocycles. The van der Waals surface area contributed by atoms with Crippen LogP contribution in [0.5, 0.6) is 0 Å². The maximum absolute atomic E-state index is 6.14. The lowest BCUT2D eigenvalue weighted by molar-refractivity contribution is 0.778. The van der Waals surface area contributed by atoms with Crippen molar-refractivity contribution in [2.45, 2.75) is 6.04 Å². The minimum atomic E-state index is -0.344. The van der Waals surface area contributed by atoms with E-state index in [-0.39, 0.29) is 6.04 Å². The number of hydrogen-bond donors (Lipinski definition) is 1. The Bertz CT molecular complexity index is 667. The summed E-state index contributed by atoms with van der Waals surface area (Å²) >= 11 is 0. The molecule has 0 aliphatic heterocycles. The average Bonchev–Trinajstić information content (AvgIpc) is 2.47. The minimum absolute atomic E-state index is 0.344. The largest absolute Gasteiger partial charge is 0.318 e. The van der Waals surface area contributed by atoms with Gasteiger partial charge in [-0.05, 0) is 23.8 Å². The maximum Gasteiger partial charge on any atom is 0.149 e. The Morgan fingerprint density at radius 2 is 1.72 bits per heavy atom. The van der Waals surface area contributed by atoms with Crippen molar-refractivity contribution >= 4 is 10.9 Å². The first-order valence-corrected chi connectivity index (χ1v) is 5.72. The number of nitrogens with zero attached hydrogens (tertiary/aromatic N) is 3. The molecule has 18 heavy (non-hydrogen) atoms. The van der Waals surface area contributed by atoms with Gasteiger partial charge in [0.15, 0.2) is 0 Å². The molecule has 4 heteroatoms. The van der Waals surface area contributed by atoms with Gasteiger partial charge < -0.3 is 5.73 Å². The van der Waals surface area contributed by atoms with E-state index in [0.29, 0.717) is 5.82 Å². The third-order valence-electron chi connectivity index (χ3n) is 2.83. The van der Waals surface area contributed by atoms with Crippen molar-refractivity contribution in [3.8, 4) is 0 Å². The molecule has 88 valence electrons. The smallest absolute Gasteiger partial charge is 0.149 e. The molecular formula is C14H12N4. The third kappa shape index (κ3) is 1.94. The van der Waals surface area contributed by atoms with Crippen LogP contribution >= 0.6 is 0 Å². The van der Waals surface area contributed by atoms with Gasteiger partial charge in [0.25, 0.3) is 0 Å². The molecule has 1 unspecified atom stereocenters. The molecule has 0 radical (unpaired) electrons. The van der Waals surface area contributed by atoms with Crippen LogP contribution in [0, 0.1) is 0 Å². The lowest BCUT2D eigenvalue weighted by Crippen LogP contribution is -2.15. The van der Waals surface area contributed by atoms with Crippen molar-refractivity contribution in [1.82, 2.24) is 15.0 Å². The summed E-state index contributed by atoms with van der Waals surface area (Å²) in [6.07, 6.45) is 5.16. The Morgan fingerprint density at radius 3 is 2.56 bits per heavy atom. The molecule has 0 bridgehead atoms. The SMILES string of the molecule is NC(c1cnc2ccccc2c1)c1ncccn1. The molecule has 3 aromatic rings. The summed E-state index contributed by atoms with van der Waals surface area (Å²) in [5.41, 5.74) is 8.02. The van der Waals surface area contributed by atoms with Gasteiger partial charge >= 0.3 is 0 Å². The summed E-state index contributed by atoms with van der Waals surface area (Å²) in [6, 6.07) is 11.4. The van der Waals surface area contributed by atoms with Gasteiger partial charge in [-0.1, -0.05) is 18.2 Å². The van der Waals surface area contributed by atoms with Crippen LogP contribution < -0.4 is 5.73 Å². The van der Waals surface area contributed by atoms with E-state index in [0.717, 1.165) is 16.5 Å². The first kappa shape index (κ1) is 10.8. The minimum Gasteiger partial charge on any atom is -0.318 e. The fraction of sp³-hybridized carbons (Fsp3) is 0.0714. The molecule has 0 amide bonds. The zero-order valence-electron chi connectivity index (χ0n) is 9.69. The summed E-state index contributed by atoms with van der Waals surface area (Å²) < 4.78 is 0. The highest BCUT2D eigenvalue weighted by molar-refractivity contribution is 5.78. The van der Waals surface area contributed by atoms with E-state index in [1.54, 1.807) is 24.7 Å². The summed E-state index contributed by atoms with van der Waals surface area (Å²) in [7, 11) is 0. The Balaban J connectivity index is 2.04. The number of nitrogens with two attached hydrogens (primary N) is 1. The Hall–Kier alpha value is -2.33. The molecule has 0 saturated carbocycles. The number of pyridine rings is 1. The van der Waals surface area contributed by atoms with Gasteiger partial charge in [0.05, 0.1) is 11.6 Å². The molecule has 2 N–H and O–H groups in total. The second-order valence-corrected chi connectivity index (χ2v) is 4.05. The molecule has 0 fully saturated rings. The number of hydrogen-bond acceptors (Lipinski definition) is 4. The van der Waals surface area contributed by atoms with Crippen molar-refractivity contribution in [3.05, 3.63) is 66.4 Å². The number of fused-ring (bicyclic) bond motifs is 1. The molecule has 4 nitrogen and oxygen atoms in total. The summed E-state index contributed by atoms with van der Waals surface area (Å²) in [6.45, 7) is 0. The van der Waals surface area contributed by atoms with E-state index < -0.39 is 0 Å². The maximum atomic E-state index is 6.14. The van der Waals surface area contributed by atoms with Crippen molar-refractivity contribution in [3.63, 3.8) is 0 Å². The van der Waals surface area contributed by atoms with Crippen LogP contribution in [-0.4, -0.2) is 15.0 Å². The third-order valence-corrected chi connectivity index (χ3v) is 2.83. The van der Waals surface area contributed by atoms with Crippen molar-refractivity contribution in [1.29, 1.82) is 0 Å². The van der Waals surface area contributed by atoms with Crippen LogP contribution in [0.3, 0.4) is 0 Å². The van der Waals surface area contributed by atoms with Gasteiger partial charge in [0.2, 0.25) is 0 Å². The monoisotopic (exact) mass is 236 g/mol. The Labute approximate surface area is 105 Å². The summed E-state index contributed by atoms with van der Waals surface area (Å²) in [5, 5.41) is 1.07. The lowest BCUT2D eigenvalue weighted by Gasteiger charge is -2.10. The molecule has 3 rings (SSSR count). The predicted octanol–water partition coefficient (Wildman–Crippen LogP) is 2.07. The van der Waals surface area contributed by atoms with Gasteiger partial charge in [-0.3, -0.25) is 4.98 Å². The van der Waals surface area contributed by atoms with Gasteiger partial charge in [-0.15, -0.1) is 0 Å². The molecule has 0 aliphatic carbocycles. The van der Waals surface area contributed by atoms with Gasteiger partial charge in [-0.25, -0.2) is 9.97 Å². The fourth-order valence-corrected chi connectivity index (χ4v) is 1.88.